The Morgan fingerprint density at radius 2 is 2.14 bits per heavy atom. The first-order chi connectivity index (χ1) is 10.4. The molecule has 22 heavy (non-hydrogen) atoms. The van der Waals surface area contributed by atoms with Gasteiger partial charge in [-0.3, -0.25) is 0 Å². The number of anilines is 1. The standard InChI is InChI=1S/C17H25N3O2/c1-11(2)7-15-13(9-18)12-8-17(3,4)22-10-14(12)16(20-15)19-5-6-21/h11,21H,5-8,10H2,1-4H3,(H,19,20). The third-order valence-corrected chi connectivity index (χ3v) is 3.81. The summed E-state index contributed by atoms with van der Waals surface area (Å²) in [5.74, 6) is 1.17. The molecular formula is C17H25N3O2. The van der Waals surface area contributed by atoms with Crippen LogP contribution in [0.1, 0.15) is 50.1 Å². The van der Waals surface area contributed by atoms with Crippen LogP contribution in [0.3, 0.4) is 0 Å². The number of hydrogen-bond acceptors (Lipinski definition) is 5. The molecule has 1 aliphatic rings. The second kappa shape index (κ2) is 6.64. The Labute approximate surface area is 132 Å². The van der Waals surface area contributed by atoms with Gasteiger partial charge in [0.25, 0.3) is 0 Å². The van der Waals surface area contributed by atoms with Crippen molar-refractivity contribution < 1.29 is 9.84 Å². The number of rotatable bonds is 5. The fourth-order valence-corrected chi connectivity index (χ4v) is 2.81. The van der Waals surface area contributed by atoms with E-state index in [2.05, 4.69) is 30.2 Å². The molecule has 1 aliphatic heterocycles. The molecule has 2 rings (SSSR count). The molecule has 0 fully saturated rings. The molecule has 0 radical (unpaired) electrons. The van der Waals surface area contributed by atoms with E-state index < -0.39 is 0 Å². The van der Waals surface area contributed by atoms with E-state index in [9.17, 15) is 5.26 Å². The van der Waals surface area contributed by atoms with Gasteiger partial charge in [0.2, 0.25) is 0 Å². The minimum absolute atomic E-state index is 0.0440. The Hall–Kier alpha value is -1.64. The summed E-state index contributed by atoms with van der Waals surface area (Å²) in [6, 6.07) is 2.35. The van der Waals surface area contributed by atoms with E-state index in [-0.39, 0.29) is 12.2 Å². The van der Waals surface area contributed by atoms with Crippen molar-refractivity contribution in [2.24, 2.45) is 5.92 Å². The van der Waals surface area contributed by atoms with Gasteiger partial charge in [-0.15, -0.1) is 0 Å². The van der Waals surface area contributed by atoms with E-state index in [1.165, 1.54) is 0 Å². The molecule has 1 aromatic rings. The summed E-state index contributed by atoms with van der Waals surface area (Å²) in [5, 5.41) is 21.9. The molecular weight excluding hydrogens is 278 g/mol. The van der Waals surface area contributed by atoms with Crippen LogP contribution in [0.25, 0.3) is 0 Å². The van der Waals surface area contributed by atoms with E-state index in [0.29, 0.717) is 31.1 Å². The fourth-order valence-electron chi connectivity index (χ4n) is 2.81. The minimum Gasteiger partial charge on any atom is -0.395 e. The third-order valence-electron chi connectivity index (χ3n) is 3.81. The summed E-state index contributed by atoms with van der Waals surface area (Å²) >= 11 is 0. The monoisotopic (exact) mass is 303 g/mol. The van der Waals surface area contributed by atoms with E-state index in [1.54, 1.807) is 0 Å². The molecule has 0 amide bonds. The number of fused-ring (bicyclic) bond motifs is 1. The normalized spacial score (nSPS) is 16.2. The number of nitrogens with one attached hydrogen (secondary N) is 1. The molecule has 5 nitrogen and oxygen atoms in total. The lowest BCUT2D eigenvalue weighted by atomic mass is 9.87. The summed E-state index contributed by atoms with van der Waals surface area (Å²) in [4.78, 5) is 4.66. The van der Waals surface area contributed by atoms with Crippen LogP contribution >= 0.6 is 0 Å². The van der Waals surface area contributed by atoms with Crippen LogP contribution in [0, 0.1) is 17.2 Å². The maximum Gasteiger partial charge on any atom is 0.132 e. The SMILES string of the molecule is CC(C)Cc1nc(NCCO)c2c(c1C#N)CC(C)(C)OC2. The lowest BCUT2D eigenvalue weighted by Gasteiger charge is -2.33. The topological polar surface area (TPSA) is 78.2 Å². The average molecular weight is 303 g/mol. The van der Waals surface area contributed by atoms with Crippen LogP contribution in [-0.2, 0) is 24.2 Å². The molecule has 0 atom stereocenters. The average Bonchev–Trinajstić information content (AvgIpc) is 2.43. The van der Waals surface area contributed by atoms with Gasteiger partial charge < -0.3 is 15.2 Å². The molecule has 5 heteroatoms. The van der Waals surface area contributed by atoms with Crippen molar-refractivity contribution in [3.8, 4) is 6.07 Å². The molecule has 0 saturated heterocycles. The Bertz CT molecular complexity index is 589. The zero-order valence-corrected chi connectivity index (χ0v) is 13.9. The smallest absolute Gasteiger partial charge is 0.132 e. The number of aromatic nitrogens is 1. The van der Waals surface area contributed by atoms with Crippen molar-refractivity contribution in [1.29, 1.82) is 5.26 Å². The lowest BCUT2D eigenvalue weighted by Crippen LogP contribution is -2.33. The predicted octanol–water partition coefficient (Wildman–Crippen LogP) is 2.41. The minimum atomic E-state index is -0.275. The number of hydrogen-bond donors (Lipinski definition) is 2. The van der Waals surface area contributed by atoms with Crippen molar-refractivity contribution in [2.75, 3.05) is 18.5 Å². The highest BCUT2D eigenvalue weighted by molar-refractivity contribution is 5.58. The van der Waals surface area contributed by atoms with Crippen LogP contribution in [0.2, 0.25) is 0 Å². The van der Waals surface area contributed by atoms with Crippen LogP contribution < -0.4 is 5.32 Å². The molecule has 0 spiro atoms. The highest BCUT2D eigenvalue weighted by atomic mass is 16.5. The highest BCUT2D eigenvalue weighted by Crippen LogP contribution is 2.35. The number of nitrogens with zero attached hydrogens (tertiary/aromatic N) is 2. The number of aliphatic hydroxyl groups is 1. The number of pyridine rings is 1. The van der Waals surface area contributed by atoms with E-state index in [4.69, 9.17) is 9.84 Å². The molecule has 0 unspecified atom stereocenters. The van der Waals surface area contributed by atoms with Gasteiger partial charge in [-0.1, -0.05) is 13.8 Å². The molecule has 0 bridgehead atoms. The predicted molar refractivity (Wildman–Crippen MR) is 85.6 cm³/mol. The molecule has 120 valence electrons. The maximum atomic E-state index is 9.63. The van der Waals surface area contributed by atoms with Crippen LogP contribution in [0.4, 0.5) is 5.82 Å². The van der Waals surface area contributed by atoms with E-state index in [0.717, 1.165) is 29.1 Å². The quantitative estimate of drug-likeness (QED) is 0.873. The first-order valence-electron chi connectivity index (χ1n) is 7.81. The van der Waals surface area contributed by atoms with Gasteiger partial charge >= 0.3 is 0 Å². The van der Waals surface area contributed by atoms with Crippen LogP contribution in [0.15, 0.2) is 0 Å². The lowest BCUT2D eigenvalue weighted by molar-refractivity contribution is -0.0400. The summed E-state index contributed by atoms with van der Waals surface area (Å²) in [6.07, 6.45) is 1.47. The number of aliphatic hydroxyl groups excluding tert-OH is 1. The van der Waals surface area contributed by atoms with Crippen molar-refractivity contribution in [3.63, 3.8) is 0 Å². The summed E-state index contributed by atoms with van der Waals surface area (Å²) < 4.78 is 5.88. The summed E-state index contributed by atoms with van der Waals surface area (Å²) in [5.41, 5.74) is 3.27. The van der Waals surface area contributed by atoms with Crippen molar-refractivity contribution in [2.45, 2.75) is 52.7 Å². The Kier molecular flexibility index (Phi) is 5.05. The summed E-state index contributed by atoms with van der Waals surface area (Å²) in [6.45, 7) is 9.26. The van der Waals surface area contributed by atoms with Crippen molar-refractivity contribution in [1.82, 2.24) is 4.98 Å². The fraction of sp³-hybridized carbons (Fsp3) is 0.647. The first-order valence-corrected chi connectivity index (χ1v) is 7.81. The maximum absolute atomic E-state index is 9.63. The van der Waals surface area contributed by atoms with Crippen molar-refractivity contribution >= 4 is 5.82 Å². The Morgan fingerprint density at radius 1 is 1.41 bits per heavy atom. The molecule has 2 heterocycles. The molecule has 0 aliphatic carbocycles. The van der Waals surface area contributed by atoms with Gasteiger partial charge in [-0.05, 0) is 31.7 Å². The number of nitriles is 1. The van der Waals surface area contributed by atoms with Gasteiger partial charge in [-0.25, -0.2) is 4.98 Å². The van der Waals surface area contributed by atoms with Gasteiger partial charge in [0.15, 0.2) is 0 Å². The zero-order valence-electron chi connectivity index (χ0n) is 13.9. The third kappa shape index (κ3) is 3.57. The first kappa shape index (κ1) is 16.7. The Morgan fingerprint density at radius 3 is 2.73 bits per heavy atom. The zero-order chi connectivity index (χ0) is 16.3. The van der Waals surface area contributed by atoms with Gasteiger partial charge in [0.05, 0.1) is 30.1 Å². The van der Waals surface area contributed by atoms with Gasteiger partial charge in [0, 0.05) is 18.5 Å². The molecule has 2 N–H and O–H groups in total. The largest absolute Gasteiger partial charge is 0.395 e. The molecule has 1 aromatic heterocycles. The van der Waals surface area contributed by atoms with Crippen LogP contribution in [0.5, 0.6) is 0 Å². The Balaban J connectivity index is 2.55. The second-order valence-electron chi connectivity index (χ2n) is 6.82. The number of ether oxygens (including phenoxy) is 1. The summed E-state index contributed by atoms with van der Waals surface area (Å²) in [7, 11) is 0. The molecule has 0 aromatic carbocycles. The van der Waals surface area contributed by atoms with Crippen molar-refractivity contribution in [3.05, 3.63) is 22.4 Å². The molecule has 0 saturated carbocycles. The van der Waals surface area contributed by atoms with Gasteiger partial charge in [-0.2, -0.15) is 5.26 Å². The van der Waals surface area contributed by atoms with Crippen LogP contribution in [-0.4, -0.2) is 28.8 Å². The van der Waals surface area contributed by atoms with E-state index >= 15 is 0 Å². The highest BCUT2D eigenvalue weighted by Gasteiger charge is 2.31. The van der Waals surface area contributed by atoms with E-state index in [1.807, 2.05) is 13.8 Å². The van der Waals surface area contributed by atoms with Gasteiger partial charge in [0.1, 0.15) is 11.9 Å². The second-order valence-corrected chi connectivity index (χ2v) is 6.82.